The third-order valence-corrected chi connectivity index (χ3v) is 4.23. The number of rotatable bonds is 10. The SMILES string of the molecule is CCOc1ccc(C(CC(=O)OC)NC(=O)c2ccc(OC)cc2)cc1OCC. The zero-order valence-corrected chi connectivity index (χ0v) is 17.2. The molecule has 0 radical (unpaired) electrons. The molecule has 0 heterocycles. The molecule has 2 rings (SSSR count). The Labute approximate surface area is 170 Å². The Kier molecular flexibility index (Phi) is 8.33. The van der Waals surface area contributed by atoms with Gasteiger partial charge in [-0.15, -0.1) is 0 Å². The topological polar surface area (TPSA) is 83.1 Å². The van der Waals surface area contributed by atoms with Crippen LogP contribution in [0.2, 0.25) is 0 Å². The van der Waals surface area contributed by atoms with Gasteiger partial charge < -0.3 is 24.3 Å². The normalized spacial score (nSPS) is 11.3. The van der Waals surface area contributed by atoms with E-state index < -0.39 is 12.0 Å². The molecule has 156 valence electrons. The van der Waals surface area contributed by atoms with Crippen molar-refractivity contribution in [3.63, 3.8) is 0 Å². The van der Waals surface area contributed by atoms with Crippen LogP contribution in [0.15, 0.2) is 42.5 Å². The maximum Gasteiger partial charge on any atom is 0.307 e. The van der Waals surface area contributed by atoms with Crippen molar-refractivity contribution in [2.75, 3.05) is 27.4 Å². The van der Waals surface area contributed by atoms with Gasteiger partial charge >= 0.3 is 5.97 Å². The fourth-order valence-corrected chi connectivity index (χ4v) is 2.77. The summed E-state index contributed by atoms with van der Waals surface area (Å²) < 4.78 is 21.2. The Morgan fingerprint density at radius 3 is 2.17 bits per heavy atom. The minimum absolute atomic E-state index is 0.0159. The van der Waals surface area contributed by atoms with E-state index in [1.54, 1.807) is 49.6 Å². The predicted molar refractivity (Wildman–Crippen MR) is 109 cm³/mol. The Hall–Kier alpha value is -3.22. The summed E-state index contributed by atoms with van der Waals surface area (Å²) in [7, 11) is 2.87. The van der Waals surface area contributed by atoms with Gasteiger partial charge in [0.1, 0.15) is 5.75 Å². The summed E-state index contributed by atoms with van der Waals surface area (Å²) in [6.45, 7) is 4.72. The van der Waals surface area contributed by atoms with E-state index in [2.05, 4.69) is 5.32 Å². The maximum atomic E-state index is 12.7. The zero-order valence-electron chi connectivity index (χ0n) is 17.2. The lowest BCUT2D eigenvalue weighted by atomic mass is 10.0. The summed E-state index contributed by atoms with van der Waals surface area (Å²) in [6.07, 6.45) is -0.0159. The molecule has 1 N–H and O–H groups in total. The van der Waals surface area contributed by atoms with E-state index in [0.717, 1.165) is 0 Å². The Morgan fingerprint density at radius 1 is 0.931 bits per heavy atom. The minimum Gasteiger partial charge on any atom is -0.497 e. The van der Waals surface area contributed by atoms with Gasteiger partial charge in [0.05, 0.1) is 39.9 Å². The fraction of sp³-hybridized carbons (Fsp3) is 0.364. The molecule has 0 fully saturated rings. The lowest BCUT2D eigenvalue weighted by Crippen LogP contribution is -2.30. The standard InChI is InChI=1S/C22H27NO6/c1-5-28-19-12-9-16(13-20(19)29-6-2)18(14-21(24)27-4)23-22(25)15-7-10-17(26-3)11-8-15/h7-13,18H,5-6,14H2,1-4H3,(H,23,25). The number of hydrogen-bond donors (Lipinski definition) is 1. The van der Waals surface area contributed by atoms with Crippen LogP contribution in [0.3, 0.4) is 0 Å². The van der Waals surface area contributed by atoms with Crippen LogP contribution in [0.25, 0.3) is 0 Å². The van der Waals surface area contributed by atoms with Gasteiger partial charge in [-0.3, -0.25) is 9.59 Å². The quantitative estimate of drug-likeness (QED) is 0.613. The van der Waals surface area contributed by atoms with Crippen LogP contribution in [0, 0.1) is 0 Å². The highest BCUT2D eigenvalue weighted by atomic mass is 16.5. The lowest BCUT2D eigenvalue weighted by Gasteiger charge is -2.20. The molecular formula is C22H27NO6. The first-order chi connectivity index (χ1) is 14.0. The smallest absolute Gasteiger partial charge is 0.307 e. The summed E-state index contributed by atoms with van der Waals surface area (Å²) in [6, 6.07) is 11.5. The Bertz CT molecular complexity index is 819. The molecule has 1 amide bonds. The monoisotopic (exact) mass is 401 g/mol. The summed E-state index contributed by atoms with van der Waals surface area (Å²) in [5, 5.41) is 2.90. The van der Waals surface area contributed by atoms with E-state index in [0.29, 0.717) is 41.6 Å². The van der Waals surface area contributed by atoms with Crippen molar-refractivity contribution in [2.24, 2.45) is 0 Å². The molecule has 0 bridgehead atoms. The van der Waals surface area contributed by atoms with Crippen LogP contribution in [0.1, 0.15) is 42.2 Å². The van der Waals surface area contributed by atoms with Gasteiger partial charge in [-0.25, -0.2) is 0 Å². The van der Waals surface area contributed by atoms with Gasteiger partial charge in [-0.05, 0) is 55.8 Å². The molecule has 1 unspecified atom stereocenters. The lowest BCUT2D eigenvalue weighted by molar-refractivity contribution is -0.141. The van der Waals surface area contributed by atoms with Crippen LogP contribution in [0.4, 0.5) is 0 Å². The van der Waals surface area contributed by atoms with Crippen molar-refractivity contribution in [2.45, 2.75) is 26.3 Å². The highest BCUT2D eigenvalue weighted by molar-refractivity contribution is 5.94. The molecule has 7 heteroatoms. The molecule has 0 aliphatic rings. The summed E-state index contributed by atoms with van der Waals surface area (Å²) in [5.41, 5.74) is 1.17. The molecule has 7 nitrogen and oxygen atoms in total. The summed E-state index contributed by atoms with van der Waals surface area (Å²) in [5.74, 6) is 1.07. The average Bonchev–Trinajstić information content (AvgIpc) is 2.74. The van der Waals surface area contributed by atoms with Crippen molar-refractivity contribution in [1.82, 2.24) is 5.32 Å². The third-order valence-electron chi connectivity index (χ3n) is 4.23. The molecular weight excluding hydrogens is 374 g/mol. The predicted octanol–water partition coefficient (Wildman–Crippen LogP) is 3.53. The van der Waals surface area contributed by atoms with Crippen LogP contribution in [-0.2, 0) is 9.53 Å². The van der Waals surface area contributed by atoms with Crippen LogP contribution < -0.4 is 19.5 Å². The van der Waals surface area contributed by atoms with E-state index in [9.17, 15) is 9.59 Å². The molecule has 0 saturated carbocycles. The number of carbonyl (C=O) groups excluding carboxylic acids is 2. The minimum atomic E-state index is -0.591. The maximum absolute atomic E-state index is 12.7. The van der Waals surface area contributed by atoms with Crippen LogP contribution in [-0.4, -0.2) is 39.3 Å². The number of amides is 1. The van der Waals surface area contributed by atoms with Crippen molar-refractivity contribution >= 4 is 11.9 Å². The summed E-state index contributed by atoms with van der Waals surface area (Å²) in [4.78, 5) is 24.6. The van der Waals surface area contributed by atoms with Crippen LogP contribution in [0.5, 0.6) is 17.2 Å². The first-order valence-corrected chi connectivity index (χ1v) is 9.43. The molecule has 0 aliphatic heterocycles. The van der Waals surface area contributed by atoms with E-state index in [-0.39, 0.29) is 12.3 Å². The zero-order chi connectivity index (χ0) is 21.2. The van der Waals surface area contributed by atoms with Gasteiger partial charge in [-0.1, -0.05) is 6.07 Å². The number of hydrogen-bond acceptors (Lipinski definition) is 6. The number of benzene rings is 2. The van der Waals surface area contributed by atoms with Gasteiger partial charge in [0.15, 0.2) is 11.5 Å². The molecule has 0 saturated heterocycles. The van der Waals surface area contributed by atoms with Gasteiger partial charge in [0.2, 0.25) is 0 Å². The van der Waals surface area contributed by atoms with Crippen molar-refractivity contribution in [3.8, 4) is 17.2 Å². The third kappa shape index (κ3) is 6.14. The number of ether oxygens (including phenoxy) is 4. The molecule has 2 aromatic carbocycles. The first kappa shape index (κ1) is 22.1. The Morgan fingerprint density at radius 2 is 1.59 bits per heavy atom. The molecule has 0 aromatic heterocycles. The average molecular weight is 401 g/mol. The second-order valence-corrected chi connectivity index (χ2v) is 6.11. The largest absolute Gasteiger partial charge is 0.497 e. The Balaban J connectivity index is 2.30. The number of methoxy groups -OCH3 is 2. The van der Waals surface area contributed by atoms with E-state index >= 15 is 0 Å². The van der Waals surface area contributed by atoms with Crippen LogP contribution >= 0.6 is 0 Å². The number of carbonyl (C=O) groups is 2. The molecule has 2 aromatic rings. The van der Waals surface area contributed by atoms with Crippen molar-refractivity contribution in [3.05, 3.63) is 53.6 Å². The second-order valence-electron chi connectivity index (χ2n) is 6.11. The van der Waals surface area contributed by atoms with Gasteiger partial charge in [0, 0.05) is 5.56 Å². The number of nitrogens with one attached hydrogen (secondary N) is 1. The van der Waals surface area contributed by atoms with E-state index in [4.69, 9.17) is 18.9 Å². The highest BCUT2D eigenvalue weighted by Crippen LogP contribution is 2.32. The first-order valence-electron chi connectivity index (χ1n) is 9.43. The van der Waals surface area contributed by atoms with Crippen molar-refractivity contribution < 1.29 is 28.5 Å². The molecule has 0 aliphatic carbocycles. The van der Waals surface area contributed by atoms with E-state index in [1.807, 2.05) is 13.8 Å². The number of esters is 1. The second kappa shape index (κ2) is 10.9. The van der Waals surface area contributed by atoms with Crippen molar-refractivity contribution in [1.29, 1.82) is 0 Å². The fourth-order valence-electron chi connectivity index (χ4n) is 2.77. The molecule has 29 heavy (non-hydrogen) atoms. The summed E-state index contributed by atoms with van der Waals surface area (Å²) >= 11 is 0. The van der Waals surface area contributed by atoms with E-state index in [1.165, 1.54) is 7.11 Å². The molecule has 0 spiro atoms. The van der Waals surface area contributed by atoms with Gasteiger partial charge in [-0.2, -0.15) is 0 Å². The molecule has 1 atom stereocenters. The van der Waals surface area contributed by atoms with Gasteiger partial charge in [0.25, 0.3) is 5.91 Å². The highest BCUT2D eigenvalue weighted by Gasteiger charge is 2.21.